The number of rotatable bonds is 1. The lowest BCUT2D eigenvalue weighted by molar-refractivity contribution is 1.01. The molecular weight excluding hydrogens is 350 g/mol. The van der Waals surface area contributed by atoms with Gasteiger partial charge in [-0.15, -0.1) is 0 Å². The first-order chi connectivity index (χ1) is 14.2. The molecule has 29 heavy (non-hydrogen) atoms. The monoisotopic (exact) mass is 371 g/mol. The number of para-hydroxylation sites is 1. The fourth-order valence-electron chi connectivity index (χ4n) is 4.98. The molecule has 0 aliphatic carbocycles. The zero-order valence-corrected chi connectivity index (χ0v) is 16.6. The zero-order chi connectivity index (χ0) is 19.5. The van der Waals surface area contributed by atoms with Crippen LogP contribution in [0.2, 0.25) is 0 Å². The molecule has 1 heterocycles. The fourth-order valence-corrected chi connectivity index (χ4v) is 4.98. The highest BCUT2D eigenvalue weighted by Crippen LogP contribution is 2.40. The van der Waals surface area contributed by atoms with Crippen LogP contribution in [0.15, 0.2) is 91.0 Å². The van der Waals surface area contributed by atoms with Crippen molar-refractivity contribution in [3.05, 3.63) is 96.6 Å². The van der Waals surface area contributed by atoms with Crippen LogP contribution in [0, 0.1) is 6.92 Å². The number of aryl methyl sites for hydroxylation is 2. The molecule has 1 aromatic heterocycles. The van der Waals surface area contributed by atoms with Gasteiger partial charge >= 0.3 is 0 Å². The third-order valence-electron chi connectivity index (χ3n) is 6.40. The van der Waals surface area contributed by atoms with Gasteiger partial charge in [0, 0.05) is 28.9 Å². The molecule has 0 saturated carbocycles. The predicted octanol–water partition coefficient (Wildman–Crippen LogP) is 7.61. The molecular formula is C28H21N. The maximum Gasteiger partial charge on any atom is 0.0489 e. The topological polar surface area (TPSA) is 4.93 Å². The van der Waals surface area contributed by atoms with E-state index in [4.69, 9.17) is 0 Å². The molecule has 0 atom stereocenters. The van der Waals surface area contributed by atoms with E-state index in [1.54, 1.807) is 0 Å². The Morgan fingerprint density at radius 1 is 0.517 bits per heavy atom. The quantitative estimate of drug-likeness (QED) is 0.262. The smallest absolute Gasteiger partial charge is 0.0489 e. The molecule has 138 valence electrons. The van der Waals surface area contributed by atoms with Crippen molar-refractivity contribution in [3.63, 3.8) is 0 Å². The van der Waals surface area contributed by atoms with Crippen molar-refractivity contribution in [2.45, 2.75) is 6.92 Å². The normalized spacial score (nSPS) is 11.8. The van der Waals surface area contributed by atoms with Crippen LogP contribution in [0.5, 0.6) is 0 Å². The van der Waals surface area contributed by atoms with Crippen molar-refractivity contribution < 1.29 is 0 Å². The van der Waals surface area contributed by atoms with Crippen LogP contribution in [0.3, 0.4) is 0 Å². The molecule has 5 aromatic carbocycles. The SMILES string of the molecule is Cc1c2ccccc2c(-c2ccc3c(c2)c2ccccc2n3C)c2ccccc12. The van der Waals surface area contributed by atoms with Gasteiger partial charge in [-0.25, -0.2) is 0 Å². The van der Waals surface area contributed by atoms with Gasteiger partial charge in [-0.05, 0) is 63.4 Å². The highest BCUT2D eigenvalue weighted by Gasteiger charge is 2.15. The van der Waals surface area contributed by atoms with E-state index in [0.717, 1.165) is 0 Å². The summed E-state index contributed by atoms with van der Waals surface area (Å²) in [5, 5.41) is 7.94. The van der Waals surface area contributed by atoms with Gasteiger partial charge in [0.05, 0.1) is 0 Å². The van der Waals surface area contributed by atoms with Crippen LogP contribution in [-0.2, 0) is 7.05 Å². The first kappa shape index (κ1) is 16.4. The lowest BCUT2D eigenvalue weighted by Gasteiger charge is -2.15. The van der Waals surface area contributed by atoms with Crippen molar-refractivity contribution in [2.24, 2.45) is 7.05 Å². The Balaban J connectivity index is 1.79. The first-order valence-corrected chi connectivity index (χ1v) is 10.1. The molecule has 0 radical (unpaired) electrons. The van der Waals surface area contributed by atoms with Gasteiger partial charge in [0.15, 0.2) is 0 Å². The summed E-state index contributed by atoms with van der Waals surface area (Å²) in [6.45, 7) is 2.24. The third-order valence-corrected chi connectivity index (χ3v) is 6.40. The predicted molar refractivity (Wildman–Crippen MR) is 126 cm³/mol. The van der Waals surface area contributed by atoms with E-state index >= 15 is 0 Å². The molecule has 0 unspecified atom stereocenters. The Morgan fingerprint density at radius 3 is 1.69 bits per heavy atom. The molecule has 0 spiro atoms. The lowest BCUT2D eigenvalue weighted by Crippen LogP contribution is -1.90. The minimum absolute atomic E-state index is 1.27. The molecule has 6 rings (SSSR count). The summed E-state index contributed by atoms with van der Waals surface area (Å²) in [5.41, 5.74) is 6.51. The van der Waals surface area contributed by atoms with E-state index in [9.17, 15) is 0 Å². The van der Waals surface area contributed by atoms with Crippen molar-refractivity contribution in [2.75, 3.05) is 0 Å². The van der Waals surface area contributed by atoms with Crippen LogP contribution in [-0.4, -0.2) is 4.57 Å². The van der Waals surface area contributed by atoms with Crippen molar-refractivity contribution >= 4 is 43.4 Å². The van der Waals surface area contributed by atoms with Gasteiger partial charge in [-0.1, -0.05) is 72.8 Å². The Labute approximate surface area is 169 Å². The van der Waals surface area contributed by atoms with Crippen LogP contribution in [0.1, 0.15) is 5.56 Å². The molecule has 1 heteroatoms. The van der Waals surface area contributed by atoms with E-state index in [1.165, 1.54) is 60.0 Å². The average molecular weight is 371 g/mol. The highest BCUT2D eigenvalue weighted by molar-refractivity contribution is 6.17. The summed E-state index contributed by atoms with van der Waals surface area (Å²) < 4.78 is 2.29. The number of benzene rings is 5. The maximum atomic E-state index is 2.38. The minimum atomic E-state index is 1.27. The Bertz CT molecular complexity index is 1510. The van der Waals surface area contributed by atoms with Gasteiger partial charge in [0.25, 0.3) is 0 Å². The summed E-state index contributed by atoms with van der Waals surface area (Å²) in [6.07, 6.45) is 0. The Morgan fingerprint density at radius 2 is 1.03 bits per heavy atom. The fraction of sp³-hybridized carbons (Fsp3) is 0.0714. The molecule has 0 N–H and O–H groups in total. The summed E-state index contributed by atoms with van der Waals surface area (Å²) in [7, 11) is 2.15. The third kappa shape index (κ3) is 2.22. The summed E-state index contributed by atoms with van der Waals surface area (Å²) in [6, 6.07) is 33.2. The van der Waals surface area contributed by atoms with E-state index < -0.39 is 0 Å². The zero-order valence-electron chi connectivity index (χ0n) is 16.6. The second kappa shape index (κ2) is 5.96. The summed E-state index contributed by atoms with van der Waals surface area (Å²) in [5.74, 6) is 0. The van der Waals surface area contributed by atoms with E-state index in [0.29, 0.717) is 0 Å². The first-order valence-electron chi connectivity index (χ1n) is 10.1. The van der Waals surface area contributed by atoms with E-state index in [2.05, 4.69) is 110 Å². The average Bonchev–Trinajstić information content (AvgIpc) is 3.06. The number of hydrogen-bond acceptors (Lipinski definition) is 0. The molecule has 0 aliphatic heterocycles. The minimum Gasteiger partial charge on any atom is -0.344 e. The summed E-state index contributed by atoms with van der Waals surface area (Å²) in [4.78, 5) is 0. The number of aromatic nitrogens is 1. The van der Waals surface area contributed by atoms with Gasteiger partial charge in [-0.2, -0.15) is 0 Å². The second-order valence-corrected chi connectivity index (χ2v) is 7.90. The molecule has 0 aliphatic rings. The van der Waals surface area contributed by atoms with Crippen molar-refractivity contribution in [1.82, 2.24) is 4.57 Å². The molecule has 0 fully saturated rings. The molecule has 1 nitrogen and oxygen atoms in total. The Kier molecular flexibility index (Phi) is 3.36. The van der Waals surface area contributed by atoms with Crippen LogP contribution >= 0.6 is 0 Å². The summed E-state index contributed by atoms with van der Waals surface area (Å²) >= 11 is 0. The van der Waals surface area contributed by atoms with Crippen LogP contribution < -0.4 is 0 Å². The van der Waals surface area contributed by atoms with Crippen molar-refractivity contribution in [3.8, 4) is 11.1 Å². The van der Waals surface area contributed by atoms with Gasteiger partial charge in [0.1, 0.15) is 0 Å². The number of fused-ring (bicyclic) bond motifs is 5. The number of nitrogens with zero attached hydrogens (tertiary/aromatic N) is 1. The molecule has 0 amide bonds. The van der Waals surface area contributed by atoms with Crippen LogP contribution in [0.4, 0.5) is 0 Å². The second-order valence-electron chi connectivity index (χ2n) is 7.90. The largest absolute Gasteiger partial charge is 0.344 e. The van der Waals surface area contributed by atoms with Gasteiger partial charge in [0.2, 0.25) is 0 Å². The maximum absolute atomic E-state index is 2.38. The highest BCUT2D eigenvalue weighted by atomic mass is 14.9. The van der Waals surface area contributed by atoms with Gasteiger partial charge < -0.3 is 4.57 Å². The number of hydrogen-bond donors (Lipinski definition) is 0. The van der Waals surface area contributed by atoms with Gasteiger partial charge in [-0.3, -0.25) is 0 Å². The van der Waals surface area contributed by atoms with E-state index in [-0.39, 0.29) is 0 Å². The lowest BCUT2D eigenvalue weighted by atomic mass is 9.88. The van der Waals surface area contributed by atoms with Crippen LogP contribution in [0.25, 0.3) is 54.5 Å². The Hall–Kier alpha value is -3.58. The molecule has 0 bridgehead atoms. The van der Waals surface area contributed by atoms with Crippen molar-refractivity contribution in [1.29, 1.82) is 0 Å². The molecule has 6 aromatic rings. The molecule has 0 saturated heterocycles. The standard InChI is InChI=1S/C28H21N/c1-18-20-9-3-5-12-23(20)28(24-13-6-4-10-21(18)24)19-15-16-27-25(17-19)22-11-7-8-14-26(22)29(27)2/h3-17H,1-2H3. The van der Waals surface area contributed by atoms with E-state index in [1.807, 2.05) is 0 Å².